The molecule has 100 valence electrons. The molecule has 1 aliphatic carbocycles. The number of nitrogens with zero attached hydrogens (tertiary/aromatic N) is 2. The summed E-state index contributed by atoms with van der Waals surface area (Å²) in [6, 6.07) is 3.87. The van der Waals surface area contributed by atoms with E-state index in [1.165, 1.54) is 0 Å². The molecule has 0 amide bonds. The van der Waals surface area contributed by atoms with E-state index in [4.69, 9.17) is 4.52 Å². The Bertz CT molecular complexity index is 621. The van der Waals surface area contributed by atoms with Gasteiger partial charge in [-0.2, -0.15) is 0 Å². The molecule has 0 bridgehead atoms. The lowest BCUT2D eigenvalue weighted by Gasteiger charge is -2.29. The van der Waals surface area contributed by atoms with Crippen LogP contribution in [0.1, 0.15) is 47.8 Å². The summed E-state index contributed by atoms with van der Waals surface area (Å²) in [4.78, 5) is 12.2. The van der Waals surface area contributed by atoms with E-state index in [0.717, 1.165) is 29.1 Å². The summed E-state index contributed by atoms with van der Waals surface area (Å²) in [5.41, 5.74) is 3.16. The van der Waals surface area contributed by atoms with Crippen molar-refractivity contribution in [3.8, 4) is 0 Å². The molecule has 0 fully saturated rings. The Kier molecular flexibility index (Phi) is 2.62. The van der Waals surface area contributed by atoms with Gasteiger partial charge in [-0.15, -0.1) is 0 Å². The van der Waals surface area contributed by atoms with E-state index < -0.39 is 0 Å². The first-order valence-electron chi connectivity index (χ1n) is 6.58. The molecule has 0 saturated heterocycles. The first kappa shape index (κ1) is 12.2. The highest BCUT2D eigenvalue weighted by Crippen LogP contribution is 2.36. The van der Waals surface area contributed by atoms with Crippen LogP contribution in [0.4, 0.5) is 0 Å². The molecule has 4 nitrogen and oxygen atoms in total. The van der Waals surface area contributed by atoms with E-state index in [-0.39, 0.29) is 11.2 Å². The second-order valence-electron chi connectivity index (χ2n) is 6.15. The van der Waals surface area contributed by atoms with Crippen molar-refractivity contribution >= 4 is 5.78 Å². The van der Waals surface area contributed by atoms with Gasteiger partial charge in [0.1, 0.15) is 0 Å². The monoisotopic (exact) mass is 258 g/mol. The molecule has 0 atom stereocenters. The molecule has 0 N–H and O–H groups in total. The maximum Gasteiger partial charge on any atom is 0.165 e. The zero-order valence-corrected chi connectivity index (χ0v) is 11.6. The predicted octanol–water partition coefficient (Wildman–Crippen LogP) is 2.99. The van der Waals surface area contributed by atoms with Crippen LogP contribution in [0, 0.1) is 12.3 Å². The molecule has 2 heterocycles. The van der Waals surface area contributed by atoms with Crippen molar-refractivity contribution in [2.24, 2.45) is 5.41 Å². The van der Waals surface area contributed by atoms with Crippen molar-refractivity contribution in [2.75, 3.05) is 0 Å². The van der Waals surface area contributed by atoms with Gasteiger partial charge in [0.05, 0.1) is 12.7 Å². The minimum Gasteiger partial charge on any atom is -0.359 e. The number of hydrogen-bond acceptors (Lipinski definition) is 3. The van der Waals surface area contributed by atoms with E-state index in [1.807, 2.05) is 19.1 Å². The molecule has 0 radical (unpaired) electrons. The van der Waals surface area contributed by atoms with Crippen LogP contribution >= 0.6 is 0 Å². The van der Waals surface area contributed by atoms with Crippen molar-refractivity contribution < 1.29 is 9.32 Å². The number of carbonyl (C=O) groups excluding carboxylic acids is 1. The Labute approximate surface area is 112 Å². The van der Waals surface area contributed by atoms with Crippen LogP contribution in [0.25, 0.3) is 0 Å². The Hall–Kier alpha value is -1.84. The number of aromatic nitrogens is 2. The van der Waals surface area contributed by atoms with E-state index in [9.17, 15) is 4.79 Å². The number of aryl methyl sites for hydroxylation is 1. The molecule has 0 unspecified atom stereocenters. The van der Waals surface area contributed by atoms with Gasteiger partial charge in [-0.05, 0) is 24.8 Å². The van der Waals surface area contributed by atoms with Crippen LogP contribution in [0.3, 0.4) is 0 Å². The smallest absolute Gasteiger partial charge is 0.165 e. The predicted molar refractivity (Wildman–Crippen MR) is 71.2 cm³/mol. The summed E-state index contributed by atoms with van der Waals surface area (Å²) >= 11 is 0. The van der Waals surface area contributed by atoms with Gasteiger partial charge in [0.25, 0.3) is 0 Å². The van der Waals surface area contributed by atoms with Crippen molar-refractivity contribution in [1.82, 2.24) is 9.72 Å². The number of hydrogen-bond donors (Lipinski definition) is 0. The molecule has 19 heavy (non-hydrogen) atoms. The second kappa shape index (κ2) is 4.08. The van der Waals surface area contributed by atoms with E-state index in [0.29, 0.717) is 13.0 Å². The van der Waals surface area contributed by atoms with Gasteiger partial charge >= 0.3 is 0 Å². The van der Waals surface area contributed by atoms with Crippen LogP contribution < -0.4 is 0 Å². The Morgan fingerprint density at radius 1 is 1.42 bits per heavy atom. The largest absolute Gasteiger partial charge is 0.359 e. The lowest BCUT2D eigenvalue weighted by molar-refractivity contribution is 0.0910. The molecule has 3 rings (SSSR count). The third kappa shape index (κ3) is 2.11. The standard InChI is InChI=1S/C15H18N2O2/c1-10-6-12-13(7-15(2,3)8-14(12)18)17(10)9-11-4-5-16-19-11/h4-6H,7-9H2,1-3H3. The zero-order valence-electron chi connectivity index (χ0n) is 11.6. The van der Waals surface area contributed by atoms with Gasteiger partial charge in [-0.1, -0.05) is 19.0 Å². The van der Waals surface area contributed by atoms with Crippen LogP contribution in [-0.2, 0) is 13.0 Å². The fourth-order valence-electron chi connectivity index (χ4n) is 2.91. The third-order valence-corrected chi connectivity index (χ3v) is 3.81. The van der Waals surface area contributed by atoms with Crippen molar-refractivity contribution in [3.63, 3.8) is 0 Å². The fourth-order valence-corrected chi connectivity index (χ4v) is 2.91. The fraction of sp³-hybridized carbons (Fsp3) is 0.467. The maximum atomic E-state index is 12.2. The molecule has 0 spiro atoms. The second-order valence-corrected chi connectivity index (χ2v) is 6.15. The molecule has 2 aromatic rings. The average molecular weight is 258 g/mol. The first-order valence-corrected chi connectivity index (χ1v) is 6.58. The lowest BCUT2D eigenvalue weighted by Crippen LogP contribution is -2.28. The minimum absolute atomic E-state index is 0.0358. The zero-order chi connectivity index (χ0) is 13.6. The highest BCUT2D eigenvalue weighted by molar-refractivity contribution is 5.99. The quantitative estimate of drug-likeness (QED) is 0.832. The summed E-state index contributed by atoms with van der Waals surface area (Å²) in [5, 5.41) is 3.73. The molecule has 1 aliphatic rings. The number of rotatable bonds is 2. The summed E-state index contributed by atoms with van der Waals surface area (Å²) in [5.74, 6) is 1.07. The van der Waals surface area contributed by atoms with Crippen LogP contribution in [0.5, 0.6) is 0 Å². The van der Waals surface area contributed by atoms with Gasteiger partial charge in [-0.25, -0.2) is 0 Å². The van der Waals surface area contributed by atoms with Crippen molar-refractivity contribution in [3.05, 3.63) is 41.0 Å². The first-order chi connectivity index (χ1) is 8.96. The molecular formula is C15H18N2O2. The summed E-state index contributed by atoms with van der Waals surface area (Å²) in [6.07, 6.45) is 3.21. The molecule has 4 heteroatoms. The van der Waals surface area contributed by atoms with Gasteiger partial charge in [0, 0.05) is 29.4 Å². The van der Waals surface area contributed by atoms with E-state index >= 15 is 0 Å². The molecular weight excluding hydrogens is 240 g/mol. The molecule has 0 aromatic carbocycles. The molecule has 0 aliphatic heterocycles. The van der Waals surface area contributed by atoms with Gasteiger partial charge in [-0.3, -0.25) is 4.79 Å². The summed E-state index contributed by atoms with van der Waals surface area (Å²) < 4.78 is 7.35. The van der Waals surface area contributed by atoms with E-state index in [2.05, 4.69) is 23.6 Å². The summed E-state index contributed by atoms with van der Waals surface area (Å²) in [7, 11) is 0. The highest BCUT2D eigenvalue weighted by atomic mass is 16.5. The Morgan fingerprint density at radius 2 is 2.21 bits per heavy atom. The number of carbonyl (C=O) groups is 1. The SMILES string of the molecule is Cc1cc2c(n1Cc1ccno1)CC(C)(C)CC2=O. The van der Waals surface area contributed by atoms with Crippen LogP contribution in [0.15, 0.2) is 22.9 Å². The van der Waals surface area contributed by atoms with Gasteiger partial charge in [0.15, 0.2) is 11.5 Å². The van der Waals surface area contributed by atoms with Crippen molar-refractivity contribution in [2.45, 2.75) is 40.2 Å². The van der Waals surface area contributed by atoms with Crippen molar-refractivity contribution in [1.29, 1.82) is 0 Å². The number of ketones is 1. The highest BCUT2D eigenvalue weighted by Gasteiger charge is 2.33. The minimum atomic E-state index is 0.0358. The number of fused-ring (bicyclic) bond motifs is 1. The summed E-state index contributed by atoms with van der Waals surface area (Å²) in [6.45, 7) is 6.98. The Morgan fingerprint density at radius 3 is 2.89 bits per heavy atom. The number of Topliss-reactive ketones (excluding diaryl/α,β-unsaturated/α-hetero) is 1. The topological polar surface area (TPSA) is 48.0 Å². The molecule has 0 saturated carbocycles. The van der Waals surface area contributed by atoms with Crippen LogP contribution in [0.2, 0.25) is 0 Å². The van der Waals surface area contributed by atoms with E-state index in [1.54, 1.807) is 6.20 Å². The average Bonchev–Trinajstić information content (AvgIpc) is 2.90. The maximum absolute atomic E-state index is 12.2. The van der Waals surface area contributed by atoms with Gasteiger partial charge < -0.3 is 9.09 Å². The Balaban J connectivity index is 2.04. The lowest BCUT2D eigenvalue weighted by atomic mass is 9.76. The third-order valence-electron chi connectivity index (χ3n) is 3.81. The molecule has 2 aromatic heterocycles. The normalized spacial score (nSPS) is 17.5. The van der Waals surface area contributed by atoms with Gasteiger partial charge in [0.2, 0.25) is 0 Å². The van der Waals surface area contributed by atoms with Crippen LogP contribution in [-0.4, -0.2) is 15.5 Å².